The van der Waals surface area contributed by atoms with Gasteiger partial charge in [-0.25, -0.2) is 0 Å². The molecule has 1 aromatic rings. The number of carbonyl (C=O) groups is 1. The number of para-hydroxylation sites is 1. The number of carbonyl (C=O) groups excluding carboxylic acids is 1. The zero-order valence-electron chi connectivity index (χ0n) is 21.1. The lowest BCUT2D eigenvalue weighted by Gasteiger charge is -2.32. The highest BCUT2D eigenvalue weighted by molar-refractivity contribution is 5.94. The van der Waals surface area contributed by atoms with Crippen molar-refractivity contribution in [3.63, 3.8) is 0 Å². The van der Waals surface area contributed by atoms with E-state index in [-0.39, 0.29) is 11.9 Å². The molecule has 1 amide bonds. The zero-order valence-corrected chi connectivity index (χ0v) is 21.1. The van der Waals surface area contributed by atoms with Crippen molar-refractivity contribution >= 4 is 17.6 Å². The predicted octanol–water partition coefficient (Wildman–Crippen LogP) is 0.482. The highest BCUT2D eigenvalue weighted by Gasteiger charge is 2.22. The lowest BCUT2D eigenvalue weighted by Crippen LogP contribution is -2.51. The van der Waals surface area contributed by atoms with Crippen LogP contribution in [-0.4, -0.2) is 119 Å². The van der Waals surface area contributed by atoms with Gasteiger partial charge in [0.2, 0.25) is 5.91 Å². The van der Waals surface area contributed by atoms with Crippen molar-refractivity contribution in [2.45, 2.75) is 25.3 Å². The Kier molecular flexibility index (Phi) is 11.6. The van der Waals surface area contributed by atoms with Gasteiger partial charge in [0.05, 0.1) is 12.6 Å². The molecule has 0 aromatic heterocycles. The number of rotatable bonds is 13. The van der Waals surface area contributed by atoms with Gasteiger partial charge in [0.15, 0.2) is 5.96 Å². The first-order valence-corrected chi connectivity index (χ1v) is 12.8. The molecule has 0 spiro atoms. The van der Waals surface area contributed by atoms with Crippen molar-refractivity contribution in [2.75, 3.05) is 91.4 Å². The van der Waals surface area contributed by atoms with E-state index in [2.05, 4.69) is 43.1 Å². The van der Waals surface area contributed by atoms with Crippen LogP contribution in [0.1, 0.15) is 19.3 Å². The van der Waals surface area contributed by atoms with Gasteiger partial charge < -0.3 is 36.0 Å². The molecule has 3 rings (SSSR count). The van der Waals surface area contributed by atoms with E-state index in [9.17, 15) is 4.79 Å². The topological polar surface area (TPSA) is 87.3 Å². The monoisotopic (exact) mass is 472 g/mol. The molecule has 1 fully saturated rings. The summed E-state index contributed by atoms with van der Waals surface area (Å²) in [4.78, 5) is 23.9. The van der Waals surface area contributed by atoms with Gasteiger partial charge >= 0.3 is 0 Å². The minimum Gasteiger partial charge on any atom is -0.354 e. The normalized spacial score (nSPS) is 19.4. The summed E-state index contributed by atoms with van der Waals surface area (Å²) < 4.78 is 0. The van der Waals surface area contributed by atoms with E-state index < -0.39 is 0 Å². The molecule has 0 saturated carbocycles. The summed E-state index contributed by atoms with van der Waals surface area (Å²) in [6, 6.07) is 10.1. The smallest absolute Gasteiger partial charge is 0.223 e. The quantitative estimate of drug-likeness (QED) is 0.311. The Morgan fingerprint density at radius 3 is 2.47 bits per heavy atom. The molecule has 2 aliphatic rings. The Bertz CT molecular complexity index is 736. The van der Waals surface area contributed by atoms with E-state index in [1.165, 1.54) is 39.1 Å². The number of benzene rings is 1. The van der Waals surface area contributed by atoms with E-state index >= 15 is 0 Å². The highest BCUT2D eigenvalue weighted by atomic mass is 16.2. The molecule has 190 valence electrons. The number of anilines is 1. The Morgan fingerprint density at radius 2 is 1.76 bits per heavy atom. The molecule has 1 unspecified atom stereocenters. The minimum absolute atomic E-state index is 0.0869. The molecule has 4 N–H and O–H groups in total. The molecule has 0 aliphatic carbocycles. The third-order valence-electron chi connectivity index (χ3n) is 6.59. The number of likely N-dealkylation sites (N-methyl/N-ethyl adjacent to an activating group) is 2. The number of nitrogens with zero attached hydrogens (tertiary/aromatic N) is 4. The van der Waals surface area contributed by atoms with Crippen LogP contribution in [0.15, 0.2) is 35.3 Å². The zero-order chi connectivity index (χ0) is 24.0. The van der Waals surface area contributed by atoms with Crippen LogP contribution in [0.3, 0.4) is 0 Å². The van der Waals surface area contributed by atoms with E-state index in [0.29, 0.717) is 19.5 Å². The third kappa shape index (κ3) is 9.58. The van der Waals surface area contributed by atoms with Crippen molar-refractivity contribution in [1.82, 2.24) is 30.7 Å². The van der Waals surface area contributed by atoms with Crippen LogP contribution in [0, 0.1) is 0 Å². The maximum Gasteiger partial charge on any atom is 0.223 e. The van der Waals surface area contributed by atoms with Gasteiger partial charge in [-0.2, -0.15) is 0 Å². The SMILES string of the molecule is CN1CCN(CCCNCCCNCCC(=O)N(C)C2CN=C(Nc3ccccc3)NC2)CC1. The highest BCUT2D eigenvalue weighted by Crippen LogP contribution is 2.08. The van der Waals surface area contributed by atoms with Gasteiger partial charge in [-0.1, -0.05) is 18.2 Å². The number of amides is 1. The van der Waals surface area contributed by atoms with Crippen LogP contribution in [0.4, 0.5) is 5.69 Å². The van der Waals surface area contributed by atoms with Crippen molar-refractivity contribution in [3.8, 4) is 0 Å². The molecular formula is C25H44N8O. The van der Waals surface area contributed by atoms with Gasteiger partial charge in [-0.05, 0) is 58.2 Å². The maximum atomic E-state index is 12.5. The Labute approximate surface area is 205 Å². The number of piperazine rings is 1. The number of guanidine groups is 1. The lowest BCUT2D eigenvalue weighted by molar-refractivity contribution is -0.131. The van der Waals surface area contributed by atoms with Crippen LogP contribution < -0.4 is 21.3 Å². The largest absolute Gasteiger partial charge is 0.354 e. The number of aliphatic imine (C=N–C) groups is 1. The first-order chi connectivity index (χ1) is 16.6. The molecule has 34 heavy (non-hydrogen) atoms. The fraction of sp³-hybridized carbons (Fsp3) is 0.680. The molecule has 9 nitrogen and oxygen atoms in total. The van der Waals surface area contributed by atoms with Crippen LogP contribution in [0.2, 0.25) is 0 Å². The lowest BCUT2D eigenvalue weighted by atomic mass is 10.2. The Morgan fingerprint density at radius 1 is 1.06 bits per heavy atom. The van der Waals surface area contributed by atoms with Crippen LogP contribution >= 0.6 is 0 Å². The fourth-order valence-corrected chi connectivity index (χ4v) is 4.20. The van der Waals surface area contributed by atoms with Gasteiger partial charge in [-0.15, -0.1) is 0 Å². The van der Waals surface area contributed by atoms with Gasteiger partial charge in [0, 0.05) is 58.4 Å². The fourth-order valence-electron chi connectivity index (χ4n) is 4.20. The van der Waals surface area contributed by atoms with E-state index in [0.717, 1.165) is 44.2 Å². The molecule has 0 bridgehead atoms. The van der Waals surface area contributed by atoms with Gasteiger partial charge in [0.1, 0.15) is 0 Å². The number of hydrogen-bond acceptors (Lipinski definition) is 8. The molecule has 9 heteroatoms. The third-order valence-corrected chi connectivity index (χ3v) is 6.59. The molecular weight excluding hydrogens is 428 g/mol. The summed E-state index contributed by atoms with van der Waals surface area (Å²) in [7, 11) is 4.08. The summed E-state index contributed by atoms with van der Waals surface area (Å²) in [6.07, 6.45) is 2.81. The van der Waals surface area contributed by atoms with E-state index in [1.54, 1.807) is 0 Å². The average Bonchev–Trinajstić information content (AvgIpc) is 2.87. The minimum atomic E-state index is 0.0869. The standard InChI is InChI=1S/C25H44N8O/c1-31-16-18-33(19-17-31)15-7-13-26-11-6-12-27-14-10-24(34)32(2)23-20-28-25(29-21-23)30-22-8-4-3-5-9-22/h3-5,8-9,23,26-27H,6-7,10-21H2,1-2H3,(H2,28,29,30). The second-order valence-electron chi connectivity index (χ2n) is 9.32. The Balaban J connectivity index is 1.16. The molecule has 2 heterocycles. The van der Waals surface area contributed by atoms with E-state index in [1.807, 2.05) is 42.3 Å². The first kappa shape index (κ1) is 26.4. The van der Waals surface area contributed by atoms with Crippen molar-refractivity contribution < 1.29 is 4.79 Å². The summed E-state index contributed by atoms with van der Waals surface area (Å²) in [5.74, 6) is 0.925. The van der Waals surface area contributed by atoms with Crippen molar-refractivity contribution in [1.29, 1.82) is 0 Å². The van der Waals surface area contributed by atoms with Crippen molar-refractivity contribution in [3.05, 3.63) is 30.3 Å². The summed E-state index contributed by atoms with van der Waals surface area (Å²) in [6.45, 7) is 11.0. The number of nitrogens with one attached hydrogen (secondary N) is 4. The number of hydrogen-bond donors (Lipinski definition) is 4. The summed E-state index contributed by atoms with van der Waals surface area (Å²) in [5, 5.41) is 13.5. The molecule has 2 aliphatic heterocycles. The first-order valence-electron chi connectivity index (χ1n) is 12.8. The van der Waals surface area contributed by atoms with Crippen LogP contribution in [-0.2, 0) is 4.79 Å². The van der Waals surface area contributed by atoms with Gasteiger partial charge in [-0.3, -0.25) is 9.79 Å². The van der Waals surface area contributed by atoms with Crippen LogP contribution in [0.5, 0.6) is 0 Å². The molecule has 1 atom stereocenters. The maximum absolute atomic E-state index is 12.5. The van der Waals surface area contributed by atoms with Crippen LogP contribution in [0.25, 0.3) is 0 Å². The molecule has 1 saturated heterocycles. The Hall–Kier alpha value is -2.20. The molecule has 0 radical (unpaired) electrons. The average molecular weight is 473 g/mol. The van der Waals surface area contributed by atoms with Gasteiger partial charge in [0.25, 0.3) is 0 Å². The molecule has 1 aromatic carbocycles. The van der Waals surface area contributed by atoms with E-state index in [4.69, 9.17) is 0 Å². The second kappa shape index (κ2) is 14.9. The predicted molar refractivity (Wildman–Crippen MR) is 140 cm³/mol. The van der Waals surface area contributed by atoms with Crippen molar-refractivity contribution in [2.24, 2.45) is 4.99 Å². The second-order valence-corrected chi connectivity index (χ2v) is 9.32. The summed E-state index contributed by atoms with van der Waals surface area (Å²) in [5.41, 5.74) is 1.00. The summed E-state index contributed by atoms with van der Waals surface area (Å²) >= 11 is 0.